The molecular weight excluding hydrogens is 448 g/mol. The first-order valence-corrected chi connectivity index (χ1v) is 11.2. The Labute approximate surface area is 193 Å². The third-order valence-corrected chi connectivity index (χ3v) is 6.72. The molecule has 1 fully saturated rings. The van der Waals surface area contributed by atoms with Gasteiger partial charge in [-0.3, -0.25) is 9.78 Å². The highest BCUT2D eigenvalue weighted by Crippen LogP contribution is 2.46. The minimum absolute atomic E-state index is 0.0519. The molecule has 1 aliphatic carbocycles. The number of ketones is 1. The van der Waals surface area contributed by atoms with Crippen LogP contribution in [0.25, 0.3) is 0 Å². The number of hydrogen-bond donors (Lipinski definition) is 0. The molecule has 0 spiro atoms. The lowest BCUT2D eigenvalue weighted by molar-refractivity contribution is -0.144. The summed E-state index contributed by atoms with van der Waals surface area (Å²) in [6.45, 7) is 0.511. The van der Waals surface area contributed by atoms with Crippen LogP contribution in [0.2, 0.25) is 0 Å². The molecular formula is C25H22F4N4O. The number of aromatic nitrogens is 3. The zero-order chi connectivity index (χ0) is 23.9. The van der Waals surface area contributed by atoms with Gasteiger partial charge in [0, 0.05) is 19.2 Å². The predicted molar refractivity (Wildman–Crippen MR) is 117 cm³/mol. The van der Waals surface area contributed by atoms with Crippen LogP contribution < -0.4 is 4.90 Å². The number of halogens is 4. The summed E-state index contributed by atoms with van der Waals surface area (Å²) in [7, 11) is 0. The normalized spacial score (nSPS) is 17.1. The average Bonchev–Trinajstić information content (AvgIpc) is 2.79. The molecule has 1 aromatic carbocycles. The third kappa shape index (κ3) is 4.03. The summed E-state index contributed by atoms with van der Waals surface area (Å²) < 4.78 is 52.6. The Morgan fingerprint density at radius 1 is 1.00 bits per heavy atom. The topological polar surface area (TPSA) is 59.0 Å². The van der Waals surface area contributed by atoms with E-state index in [9.17, 15) is 22.4 Å². The van der Waals surface area contributed by atoms with E-state index in [4.69, 9.17) is 4.98 Å². The van der Waals surface area contributed by atoms with Crippen molar-refractivity contribution < 1.29 is 22.4 Å². The van der Waals surface area contributed by atoms with Gasteiger partial charge >= 0.3 is 6.18 Å². The maximum Gasteiger partial charge on any atom is 0.451 e. The molecule has 0 amide bonds. The Hall–Kier alpha value is -3.36. The number of Topliss-reactive ketones (excluding diaryl/α,β-unsaturated/α-hetero) is 1. The lowest BCUT2D eigenvalue weighted by atomic mass is 9.62. The summed E-state index contributed by atoms with van der Waals surface area (Å²) in [5, 5.41) is 0. The van der Waals surface area contributed by atoms with Crippen LogP contribution >= 0.6 is 0 Å². The lowest BCUT2D eigenvalue weighted by Gasteiger charge is -2.41. The minimum Gasteiger partial charge on any atom is -0.325 e. The second-order valence-electron chi connectivity index (χ2n) is 8.82. The fourth-order valence-corrected chi connectivity index (χ4v) is 4.75. The molecule has 9 heteroatoms. The van der Waals surface area contributed by atoms with Crippen molar-refractivity contribution >= 4 is 17.3 Å². The molecule has 2 aliphatic rings. The Kier molecular flexibility index (Phi) is 5.58. The average molecular weight is 470 g/mol. The standard InChI is InChI=1S/C25H22F4N4O/c26-17-6-4-16(5-7-17)15-21(34)24(11-2-12-24)20-9-8-19-18(31-20)3-1-14-33(19)22-10-13-30-23(32-22)25(27,28)29/h4-10,13H,1-3,11-12,14-15H2. The van der Waals surface area contributed by atoms with Gasteiger partial charge in [-0.05, 0) is 61.6 Å². The molecule has 5 rings (SSSR count). The summed E-state index contributed by atoms with van der Waals surface area (Å²) in [4.78, 5) is 27.0. The highest BCUT2D eigenvalue weighted by atomic mass is 19.4. The van der Waals surface area contributed by atoms with Crippen molar-refractivity contribution in [2.24, 2.45) is 0 Å². The van der Waals surface area contributed by atoms with Crippen molar-refractivity contribution in [1.82, 2.24) is 15.0 Å². The number of anilines is 2. The number of carbonyl (C=O) groups is 1. The van der Waals surface area contributed by atoms with E-state index in [0.29, 0.717) is 43.6 Å². The van der Waals surface area contributed by atoms with E-state index in [1.165, 1.54) is 18.2 Å². The molecule has 0 atom stereocenters. The van der Waals surface area contributed by atoms with Gasteiger partial charge in [0.05, 0.1) is 22.5 Å². The van der Waals surface area contributed by atoms with Gasteiger partial charge in [0.1, 0.15) is 17.4 Å². The van der Waals surface area contributed by atoms with Gasteiger partial charge in [-0.15, -0.1) is 0 Å². The number of pyridine rings is 1. The first kappa shape index (κ1) is 22.4. The quantitative estimate of drug-likeness (QED) is 0.471. The van der Waals surface area contributed by atoms with E-state index in [2.05, 4.69) is 9.97 Å². The van der Waals surface area contributed by atoms with Gasteiger partial charge in [-0.1, -0.05) is 18.6 Å². The number of fused-ring (bicyclic) bond motifs is 1. The Morgan fingerprint density at radius 3 is 2.44 bits per heavy atom. The van der Waals surface area contributed by atoms with E-state index in [1.54, 1.807) is 17.0 Å². The van der Waals surface area contributed by atoms with Crippen molar-refractivity contribution in [3.63, 3.8) is 0 Å². The second kappa shape index (κ2) is 8.45. The maximum atomic E-state index is 13.3. The van der Waals surface area contributed by atoms with Crippen LogP contribution in [0, 0.1) is 5.82 Å². The van der Waals surface area contributed by atoms with Crippen LogP contribution in [-0.2, 0) is 29.2 Å². The minimum atomic E-state index is -4.63. The molecule has 0 radical (unpaired) electrons. The van der Waals surface area contributed by atoms with Crippen LogP contribution in [0.4, 0.5) is 29.1 Å². The highest BCUT2D eigenvalue weighted by molar-refractivity contribution is 5.92. The van der Waals surface area contributed by atoms with Crippen molar-refractivity contribution in [2.45, 2.75) is 50.1 Å². The third-order valence-electron chi connectivity index (χ3n) is 6.72. The lowest BCUT2D eigenvalue weighted by Crippen LogP contribution is -2.44. The Morgan fingerprint density at radius 2 is 1.76 bits per heavy atom. The number of nitrogens with zero attached hydrogens (tertiary/aromatic N) is 4. The largest absolute Gasteiger partial charge is 0.451 e. The molecule has 0 unspecified atom stereocenters. The van der Waals surface area contributed by atoms with E-state index >= 15 is 0 Å². The second-order valence-corrected chi connectivity index (χ2v) is 8.82. The SMILES string of the molecule is O=C(Cc1ccc(F)cc1)C1(c2ccc3c(n2)CCCN3c2ccnc(C(F)(F)F)n2)CCC1. The molecule has 1 aliphatic heterocycles. The molecule has 176 valence electrons. The number of rotatable bonds is 5. The molecule has 0 N–H and O–H groups in total. The molecule has 0 bridgehead atoms. The number of alkyl halides is 3. The number of aryl methyl sites for hydroxylation is 1. The molecule has 3 aromatic rings. The van der Waals surface area contributed by atoms with Crippen LogP contribution in [0.1, 0.15) is 48.5 Å². The summed E-state index contributed by atoms with van der Waals surface area (Å²) in [6, 6.07) is 11.0. The van der Waals surface area contributed by atoms with E-state index in [1.807, 2.05) is 12.1 Å². The predicted octanol–water partition coefficient (Wildman–Crippen LogP) is 5.35. The van der Waals surface area contributed by atoms with E-state index in [0.717, 1.165) is 23.9 Å². The number of hydrogen-bond acceptors (Lipinski definition) is 5. The maximum absolute atomic E-state index is 13.3. The Bertz CT molecular complexity index is 1220. The summed E-state index contributed by atoms with van der Waals surface area (Å²) in [5.74, 6) is -1.30. The van der Waals surface area contributed by atoms with Gasteiger partial charge in [0.15, 0.2) is 0 Å². The van der Waals surface area contributed by atoms with Crippen LogP contribution in [0.15, 0.2) is 48.7 Å². The molecule has 2 aromatic heterocycles. The summed E-state index contributed by atoms with van der Waals surface area (Å²) >= 11 is 0. The van der Waals surface area contributed by atoms with Gasteiger partial charge in [0.2, 0.25) is 5.82 Å². The molecule has 0 saturated heterocycles. The van der Waals surface area contributed by atoms with Gasteiger partial charge in [-0.25, -0.2) is 14.4 Å². The first-order chi connectivity index (χ1) is 16.3. The zero-order valence-corrected chi connectivity index (χ0v) is 18.3. The van der Waals surface area contributed by atoms with Crippen molar-refractivity contribution in [3.05, 3.63) is 77.3 Å². The smallest absolute Gasteiger partial charge is 0.325 e. The van der Waals surface area contributed by atoms with Crippen LogP contribution in [0.3, 0.4) is 0 Å². The van der Waals surface area contributed by atoms with Gasteiger partial charge in [-0.2, -0.15) is 13.2 Å². The number of benzene rings is 1. The number of carbonyl (C=O) groups excluding carboxylic acids is 1. The van der Waals surface area contributed by atoms with Gasteiger partial charge < -0.3 is 4.90 Å². The summed E-state index contributed by atoms with van der Waals surface area (Å²) in [5.41, 5.74) is 2.22. The monoisotopic (exact) mass is 470 g/mol. The van der Waals surface area contributed by atoms with Crippen molar-refractivity contribution in [2.75, 3.05) is 11.4 Å². The van der Waals surface area contributed by atoms with Crippen LogP contribution in [0.5, 0.6) is 0 Å². The van der Waals surface area contributed by atoms with Crippen molar-refractivity contribution in [3.8, 4) is 0 Å². The fraction of sp³-hybridized carbons (Fsp3) is 0.360. The molecule has 3 heterocycles. The van der Waals surface area contributed by atoms with E-state index in [-0.39, 0.29) is 23.8 Å². The van der Waals surface area contributed by atoms with Gasteiger partial charge in [0.25, 0.3) is 0 Å². The van der Waals surface area contributed by atoms with Crippen molar-refractivity contribution in [1.29, 1.82) is 0 Å². The molecule has 1 saturated carbocycles. The van der Waals surface area contributed by atoms with E-state index < -0.39 is 17.4 Å². The molecule has 5 nitrogen and oxygen atoms in total. The van der Waals surface area contributed by atoms with Crippen LogP contribution in [-0.4, -0.2) is 27.3 Å². The summed E-state index contributed by atoms with van der Waals surface area (Å²) in [6.07, 6.45) is 0.363. The molecule has 34 heavy (non-hydrogen) atoms. The highest BCUT2D eigenvalue weighted by Gasteiger charge is 2.46. The Balaban J connectivity index is 1.44. The zero-order valence-electron chi connectivity index (χ0n) is 18.3. The fourth-order valence-electron chi connectivity index (χ4n) is 4.75. The first-order valence-electron chi connectivity index (χ1n) is 11.2.